The lowest BCUT2D eigenvalue weighted by Gasteiger charge is -2.43. The minimum Gasteiger partial charge on any atom is -0.493 e. The minimum absolute atomic E-state index is 0.00507. The first-order valence-electron chi connectivity index (χ1n) is 11.5. The van der Waals surface area contributed by atoms with E-state index in [4.69, 9.17) is 14.6 Å². The zero-order valence-electron chi connectivity index (χ0n) is 19.1. The Morgan fingerprint density at radius 3 is 2.51 bits per heavy atom. The number of imide groups is 1. The van der Waals surface area contributed by atoms with E-state index in [9.17, 15) is 19.2 Å². The normalized spacial score (nSPS) is 32.4. The van der Waals surface area contributed by atoms with Crippen molar-refractivity contribution in [2.45, 2.75) is 29.0 Å². The summed E-state index contributed by atoms with van der Waals surface area (Å²) < 4.78 is 11.0. The number of aromatic nitrogens is 1. The third kappa shape index (κ3) is 3.20. The van der Waals surface area contributed by atoms with Crippen LogP contribution in [0.25, 0.3) is 0 Å². The number of aromatic amines is 1. The molecule has 7 atom stereocenters. The van der Waals surface area contributed by atoms with Crippen molar-refractivity contribution in [3.63, 3.8) is 0 Å². The number of hydrogen-bond donors (Lipinski definition) is 2. The number of aliphatic carboxylic acids is 1. The number of thioether (sulfide) groups is 1. The lowest BCUT2D eigenvalue weighted by atomic mass is 9.68. The molecule has 1 aromatic heterocycles. The van der Waals surface area contributed by atoms with Crippen LogP contribution in [0.5, 0.6) is 11.5 Å². The van der Waals surface area contributed by atoms with E-state index in [2.05, 4.69) is 4.98 Å². The molecule has 0 radical (unpaired) electrons. The van der Waals surface area contributed by atoms with Crippen molar-refractivity contribution in [2.75, 3.05) is 20.8 Å². The largest absolute Gasteiger partial charge is 0.493 e. The van der Waals surface area contributed by atoms with Crippen LogP contribution in [0.4, 0.5) is 0 Å². The van der Waals surface area contributed by atoms with E-state index in [0.717, 1.165) is 21.9 Å². The molecule has 11 heteroatoms. The number of ether oxygens (including phenoxy) is 2. The molecule has 2 aliphatic carbocycles. The van der Waals surface area contributed by atoms with E-state index in [1.54, 1.807) is 26.0 Å². The summed E-state index contributed by atoms with van der Waals surface area (Å²) in [5.74, 6) is -1.20. The van der Waals surface area contributed by atoms with Crippen molar-refractivity contribution < 1.29 is 29.0 Å². The zero-order valence-corrected chi connectivity index (χ0v) is 20.7. The molecule has 3 heterocycles. The van der Waals surface area contributed by atoms with Crippen molar-refractivity contribution in [2.24, 2.45) is 29.6 Å². The summed E-state index contributed by atoms with van der Waals surface area (Å²) in [5, 5.41) is 9.99. The molecule has 35 heavy (non-hydrogen) atoms. The number of benzene rings is 1. The number of carbonyl (C=O) groups is 3. The first-order chi connectivity index (χ1) is 16.8. The lowest BCUT2D eigenvalue weighted by molar-refractivity contribution is -0.142. The maximum absolute atomic E-state index is 13.4. The molecule has 9 nitrogen and oxygen atoms in total. The molecule has 0 spiro atoms. The highest BCUT2D eigenvalue weighted by Crippen LogP contribution is 2.68. The van der Waals surface area contributed by atoms with Crippen LogP contribution in [-0.2, 0) is 14.4 Å². The molecule has 3 fully saturated rings. The second-order valence-electron chi connectivity index (χ2n) is 9.55. The molecule has 2 aromatic rings. The number of likely N-dealkylation sites (tertiary alicyclic amines) is 1. The van der Waals surface area contributed by atoms with Gasteiger partial charge in [0.15, 0.2) is 11.5 Å². The molecule has 2 bridgehead atoms. The number of nitrogens with one attached hydrogen (secondary N) is 1. The van der Waals surface area contributed by atoms with Gasteiger partial charge in [0.25, 0.3) is 0 Å². The molecule has 1 saturated heterocycles. The molecule has 2 saturated carbocycles. The second kappa shape index (κ2) is 8.12. The monoisotopic (exact) mass is 516 g/mol. The average molecular weight is 517 g/mol. The van der Waals surface area contributed by atoms with Crippen LogP contribution < -0.4 is 14.3 Å². The predicted octanol–water partition coefficient (Wildman–Crippen LogP) is 2.40. The topological polar surface area (TPSA) is 126 Å². The van der Waals surface area contributed by atoms with Crippen molar-refractivity contribution in [3.05, 3.63) is 38.3 Å². The third-order valence-corrected chi connectivity index (χ3v) is 10.7. The molecule has 4 aliphatic rings. The zero-order chi connectivity index (χ0) is 24.6. The molecule has 0 unspecified atom stereocenters. The second-order valence-corrected chi connectivity index (χ2v) is 11.7. The number of carboxylic acid groups (broad SMARTS) is 1. The Kier molecular flexibility index (Phi) is 5.26. The van der Waals surface area contributed by atoms with E-state index in [-0.39, 0.29) is 58.6 Å². The minimum atomic E-state index is -1.03. The maximum atomic E-state index is 13.4. The van der Waals surface area contributed by atoms with Crippen molar-refractivity contribution in [3.8, 4) is 11.5 Å². The summed E-state index contributed by atoms with van der Waals surface area (Å²) in [6.07, 6.45) is 0.533. The highest BCUT2D eigenvalue weighted by molar-refractivity contribution is 8.00. The number of carbonyl (C=O) groups excluding carboxylic acids is 2. The standard InChI is InChI=1S/C24H24N2O7S2/c1-32-12-4-3-9(7-13(12)33-2)15-16-10-8-11(19(16)34-21-20(15)35-24(31)25-21)18-17(10)22(29)26(23(18)30)6-5-14(27)28/h3-4,7,10-11,15-19H,5-6,8H2,1-2H3,(H,25,31)(H,27,28)/t10-,11+,15+,16-,17+,18-,19-/m1/s1. The first-order valence-corrected chi connectivity index (χ1v) is 13.2. The summed E-state index contributed by atoms with van der Waals surface area (Å²) in [6, 6.07) is 5.78. The van der Waals surface area contributed by atoms with Crippen LogP contribution in [-0.4, -0.2) is 58.8 Å². The van der Waals surface area contributed by atoms with Gasteiger partial charge in [-0.15, -0.1) is 11.8 Å². The van der Waals surface area contributed by atoms with Gasteiger partial charge in [0.1, 0.15) is 0 Å². The number of methoxy groups -OCH3 is 2. The Bertz CT molecular complexity index is 1300. The van der Waals surface area contributed by atoms with E-state index in [1.165, 1.54) is 16.2 Å². The van der Waals surface area contributed by atoms with Gasteiger partial charge >= 0.3 is 10.8 Å². The Hall–Kier alpha value is -2.79. The SMILES string of the molecule is COc1ccc([C@@H]2c3sc(=O)[nH]c3S[C@@H]3[C@H]4C[C@@H]([C@@H]5C(=O)N(CCC(=O)O)C(=O)[C@H]45)[C@H]23)cc1OC. The molecule has 2 N–H and O–H groups in total. The highest BCUT2D eigenvalue weighted by Gasteiger charge is 2.69. The fourth-order valence-electron chi connectivity index (χ4n) is 6.93. The number of carboxylic acids is 1. The van der Waals surface area contributed by atoms with Gasteiger partial charge in [-0.05, 0) is 41.9 Å². The van der Waals surface area contributed by atoms with Gasteiger partial charge in [0.05, 0.1) is 37.5 Å². The number of amides is 2. The van der Waals surface area contributed by atoms with E-state index >= 15 is 0 Å². The summed E-state index contributed by atoms with van der Waals surface area (Å²) in [4.78, 5) is 55.1. The maximum Gasteiger partial charge on any atom is 0.305 e. The molecule has 1 aromatic carbocycles. The van der Waals surface area contributed by atoms with Gasteiger partial charge in [-0.1, -0.05) is 17.4 Å². The first kappa shape index (κ1) is 22.7. The molecule has 184 valence electrons. The summed E-state index contributed by atoms with van der Waals surface area (Å²) in [5.41, 5.74) is 0.984. The fourth-order valence-corrected chi connectivity index (χ4v) is 9.81. The summed E-state index contributed by atoms with van der Waals surface area (Å²) in [6.45, 7) is -0.0817. The Morgan fingerprint density at radius 1 is 1.11 bits per heavy atom. The molecule has 6 rings (SSSR count). The molecular weight excluding hydrogens is 492 g/mol. The van der Waals surface area contributed by atoms with Crippen LogP contribution in [0.3, 0.4) is 0 Å². The van der Waals surface area contributed by atoms with Gasteiger partial charge in [-0.25, -0.2) is 0 Å². The Labute approximate surface area is 208 Å². The number of rotatable bonds is 6. The smallest absolute Gasteiger partial charge is 0.305 e. The Morgan fingerprint density at radius 2 is 1.83 bits per heavy atom. The number of thiazole rings is 1. The number of hydrogen-bond acceptors (Lipinski definition) is 8. The van der Waals surface area contributed by atoms with E-state index in [0.29, 0.717) is 11.5 Å². The molecule has 2 amide bonds. The number of fused-ring (bicyclic) bond motifs is 9. The number of H-pyrrole nitrogens is 1. The highest BCUT2D eigenvalue weighted by atomic mass is 32.2. The van der Waals surface area contributed by atoms with Crippen molar-refractivity contribution in [1.82, 2.24) is 9.88 Å². The van der Waals surface area contributed by atoms with Gasteiger partial charge in [-0.2, -0.15) is 0 Å². The number of nitrogens with zero attached hydrogens (tertiary/aromatic N) is 1. The molecule has 2 aliphatic heterocycles. The van der Waals surface area contributed by atoms with Crippen LogP contribution in [0, 0.1) is 29.6 Å². The quantitative estimate of drug-likeness (QED) is 0.561. The predicted molar refractivity (Wildman–Crippen MR) is 127 cm³/mol. The van der Waals surface area contributed by atoms with Crippen LogP contribution in [0.15, 0.2) is 28.0 Å². The summed E-state index contributed by atoms with van der Waals surface area (Å²) >= 11 is 2.82. The van der Waals surface area contributed by atoms with Gasteiger partial charge in [0.2, 0.25) is 11.8 Å². The van der Waals surface area contributed by atoms with E-state index < -0.39 is 17.8 Å². The van der Waals surface area contributed by atoms with Crippen LogP contribution in [0.2, 0.25) is 0 Å². The van der Waals surface area contributed by atoms with Gasteiger partial charge in [-0.3, -0.25) is 24.1 Å². The Balaban J connectivity index is 1.42. The van der Waals surface area contributed by atoms with Crippen LogP contribution in [0.1, 0.15) is 29.2 Å². The molecular formula is C24H24N2O7S2. The lowest BCUT2D eigenvalue weighted by Crippen LogP contribution is -2.42. The average Bonchev–Trinajstić information content (AvgIpc) is 3.56. The fraction of sp³-hybridized carbons (Fsp3) is 0.500. The van der Waals surface area contributed by atoms with Crippen molar-refractivity contribution >= 4 is 40.9 Å². The summed E-state index contributed by atoms with van der Waals surface area (Å²) in [7, 11) is 3.16. The van der Waals surface area contributed by atoms with E-state index in [1.807, 2.05) is 18.2 Å². The van der Waals surface area contributed by atoms with Crippen LogP contribution >= 0.6 is 23.1 Å². The van der Waals surface area contributed by atoms with Crippen molar-refractivity contribution in [1.29, 1.82) is 0 Å². The van der Waals surface area contributed by atoms with Gasteiger partial charge in [0, 0.05) is 22.6 Å². The van der Waals surface area contributed by atoms with Gasteiger partial charge < -0.3 is 19.6 Å². The third-order valence-electron chi connectivity index (χ3n) is 8.13.